The Hall–Kier alpha value is -5.36. The minimum absolute atomic E-state index is 0.00641. The molecule has 4 aromatic rings. The maximum absolute atomic E-state index is 17.5. The van der Waals surface area contributed by atoms with Crippen molar-refractivity contribution < 1.29 is 41.7 Å². The minimum atomic E-state index is -1.59. The molecule has 8 rings (SSSR count). The number of likely N-dealkylation sites (tertiary alicyclic amines) is 1. The lowest BCUT2D eigenvalue weighted by Gasteiger charge is -2.42. The van der Waals surface area contributed by atoms with Crippen molar-refractivity contribution in [1.29, 1.82) is 0 Å². The van der Waals surface area contributed by atoms with Crippen molar-refractivity contribution in [2.24, 2.45) is 5.41 Å². The van der Waals surface area contributed by atoms with Crippen LogP contribution in [0.1, 0.15) is 78.7 Å². The molecule has 2 aromatic carbocycles. The molecular formula is C44H48F4N6O5. The van der Waals surface area contributed by atoms with Crippen molar-refractivity contribution in [2.75, 3.05) is 44.2 Å². The Balaban J connectivity index is 1.24. The molecule has 3 aliphatic heterocycles. The van der Waals surface area contributed by atoms with Crippen LogP contribution < -0.4 is 14.4 Å². The summed E-state index contributed by atoms with van der Waals surface area (Å²) < 4.78 is 77.7. The number of carbonyl (C=O) groups excluding carboxylic acids is 1. The number of nitrogens with zero attached hydrogens (tertiary/aromatic N) is 6. The standard InChI is InChI=1S/C44H48F4N6O5/c1-7-30-32(45)11-8-26-18-29(55)19-31(33(26)30)36-35(46)37-34(40(49-36)58-24(2)3)39(53-20-27-9-10-28(21-53)54(27)42(56)59-43(4,5)6)51-41(50-37)57-23-44(14-15-44)22-52-16-12-25(13-17-52)38(47)48/h1,8,11,18-19,24,27-28,55H,9-10,12-17,20-23H2,2-6H3. The van der Waals surface area contributed by atoms with Gasteiger partial charge in [0.1, 0.15) is 39.6 Å². The van der Waals surface area contributed by atoms with Gasteiger partial charge in [0, 0.05) is 49.1 Å². The third kappa shape index (κ3) is 8.03. The van der Waals surface area contributed by atoms with Gasteiger partial charge in [-0.05, 0) is 102 Å². The Labute approximate surface area is 340 Å². The van der Waals surface area contributed by atoms with Crippen LogP contribution in [0.3, 0.4) is 0 Å². The maximum Gasteiger partial charge on any atom is 0.410 e. The van der Waals surface area contributed by atoms with Crippen molar-refractivity contribution in [3.63, 3.8) is 0 Å². The molecular weight excluding hydrogens is 769 g/mol. The molecule has 3 saturated heterocycles. The van der Waals surface area contributed by atoms with Gasteiger partial charge in [0.2, 0.25) is 5.88 Å². The lowest BCUT2D eigenvalue weighted by molar-refractivity contribution is 0.0122. The van der Waals surface area contributed by atoms with E-state index in [0.29, 0.717) is 56.8 Å². The zero-order valence-electron chi connectivity index (χ0n) is 33.9. The summed E-state index contributed by atoms with van der Waals surface area (Å²) in [6, 6.07) is 4.79. The van der Waals surface area contributed by atoms with Crippen LogP contribution in [0.4, 0.5) is 28.2 Å². The summed E-state index contributed by atoms with van der Waals surface area (Å²) >= 11 is 0. The molecule has 1 amide bonds. The van der Waals surface area contributed by atoms with Crippen molar-refractivity contribution >= 4 is 33.6 Å². The molecule has 1 aliphatic carbocycles. The number of phenolic OH excluding ortho intramolecular Hbond substituents is 1. The van der Waals surface area contributed by atoms with E-state index in [4.69, 9.17) is 30.6 Å². The first-order valence-corrected chi connectivity index (χ1v) is 20.2. The zero-order chi connectivity index (χ0) is 42.0. The van der Waals surface area contributed by atoms with Crippen LogP contribution in [0.25, 0.3) is 32.9 Å². The minimum Gasteiger partial charge on any atom is -0.508 e. The smallest absolute Gasteiger partial charge is 0.410 e. The van der Waals surface area contributed by atoms with Gasteiger partial charge in [0.15, 0.2) is 5.82 Å². The predicted molar refractivity (Wildman–Crippen MR) is 215 cm³/mol. The molecule has 0 radical (unpaired) electrons. The number of rotatable bonds is 9. The summed E-state index contributed by atoms with van der Waals surface area (Å²) in [4.78, 5) is 33.7. The number of benzene rings is 2. The van der Waals surface area contributed by atoms with Gasteiger partial charge in [0.25, 0.3) is 6.08 Å². The molecule has 15 heteroatoms. The van der Waals surface area contributed by atoms with E-state index in [-0.39, 0.29) is 80.4 Å². The van der Waals surface area contributed by atoms with Crippen molar-refractivity contribution in [3.8, 4) is 41.2 Å². The van der Waals surface area contributed by atoms with Crippen LogP contribution in [0.5, 0.6) is 17.6 Å². The number of ether oxygens (including phenoxy) is 3. The normalized spacial score (nSPS) is 20.3. The molecule has 5 heterocycles. The van der Waals surface area contributed by atoms with E-state index in [1.54, 1.807) is 18.7 Å². The van der Waals surface area contributed by atoms with E-state index in [1.807, 2.05) is 25.7 Å². The quantitative estimate of drug-likeness (QED) is 0.130. The van der Waals surface area contributed by atoms with E-state index in [9.17, 15) is 18.7 Å². The number of carbonyl (C=O) groups is 1. The van der Waals surface area contributed by atoms with Gasteiger partial charge in [-0.1, -0.05) is 12.0 Å². The highest BCUT2D eigenvalue weighted by Crippen LogP contribution is 2.48. The van der Waals surface area contributed by atoms with Crippen molar-refractivity contribution in [1.82, 2.24) is 24.8 Å². The number of phenols is 1. The van der Waals surface area contributed by atoms with Gasteiger partial charge < -0.3 is 29.1 Å². The summed E-state index contributed by atoms with van der Waals surface area (Å²) in [7, 11) is 0. The maximum atomic E-state index is 17.5. The van der Waals surface area contributed by atoms with E-state index >= 15 is 8.78 Å². The van der Waals surface area contributed by atoms with Crippen LogP contribution in [0, 0.1) is 29.4 Å². The number of aromatic nitrogens is 3. The van der Waals surface area contributed by atoms with Gasteiger partial charge in [-0.3, -0.25) is 4.90 Å². The Kier molecular flexibility index (Phi) is 10.5. The number of terminal acetylenes is 1. The third-order valence-corrected chi connectivity index (χ3v) is 11.6. The number of aromatic hydroxyl groups is 1. The highest BCUT2D eigenvalue weighted by molar-refractivity contribution is 6.04. The Morgan fingerprint density at radius 1 is 1.03 bits per heavy atom. The second kappa shape index (κ2) is 15.3. The highest BCUT2D eigenvalue weighted by Gasteiger charge is 2.47. The summed E-state index contributed by atoms with van der Waals surface area (Å²) in [6.07, 6.45) is 7.16. The summed E-state index contributed by atoms with van der Waals surface area (Å²) in [5, 5.41) is 11.5. The van der Waals surface area contributed by atoms with Crippen LogP contribution in [0.2, 0.25) is 0 Å². The number of fused-ring (bicyclic) bond motifs is 4. The first kappa shape index (κ1) is 40.4. The fourth-order valence-electron chi connectivity index (χ4n) is 8.71. The monoisotopic (exact) mass is 816 g/mol. The fourth-order valence-corrected chi connectivity index (χ4v) is 8.71. The van der Waals surface area contributed by atoms with E-state index < -0.39 is 35.5 Å². The van der Waals surface area contributed by atoms with Gasteiger partial charge in [0.05, 0.1) is 30.4 Å². The van der Waals surface area contributed by atoms with Gasteiger partial charge in [-0.25, -0.2) is 18.6 Å². The van der Waals surface area contributed by atoms with Crippen LogP contribution >= 0.6 is 0 Å². The summed E-state index contributed by atoms with van der Waals surface area (Å²) in [5.41, 5.74) is -1.26. The second-order valence-corrected chi connectivity index (χ2v) is 17.6. The number of piperazine rings is 1. The number of hydrogen-bond acceptors (Lipinski definition) is 10. The highest BCUT2D eigenvalue weighted by atomic mass is 19.3. The number of piperidine rings is 1. The van der Waals surface area contributed by atoms with Crippen LogP contribution in [0.15, 0.2) is 35.9 Å². The number of amides is 1. The molecule has 1 N–H and O–H groups in total. The molecule has 0 spiro atoms. The van der Waals surface area contributed by atoms with Gasteiger partial charge in [-0.15, -0.1) is 6.42 Å². The lowest BCUT2D eigenvalue weighted by Crippen LogP contribution is -2.57. The predicted octanol–water partition coefficient (Wildman–Crippen LogP) is 8.59. The van der Waals surface area contributed by atoms with Crippen molar-refractivity contribution in [3.05, 3.63) is 53.1 Å². The number of anilines is 1. The Morgan fingerprint density at radius 2 is 1.73 bits per heavy atom. The van der Waals surface area contributed by atoms with Gasteiger partial charge >= 0.3 is 12.1 Å². The van der Waals surface area contributed by atoms with Crippen LogP contribution in [-0.2, 0) is 4.74 Å². The first-order valence-electron chi connectivity index (χ1n) is 20.2. The fraction of sp³-hybridized carbons (Fsp3) is 0.500. The molecule has 2 atom stereocenters. The molecule has 4 aliphatic rings. The lowest BCUT2D eigenvalue weighted by atomic mass is 9.95. The molecule has 11 nitrogen and oxygen atoms in total. The van der Waals surface area contributed by atoms with Crippen molar-refractivity contribution in [2.45, 2.75) is 96.9 Å². The number of hydrogen-bond donors (Lipinski definition) is 1. The Morgan fingerprint density at radius 3 is 2.34 bits per heavy atom. The van der Waals surface area contributed by atoms with E-state index in [1.165, 1.54) is 24.3 Å². The average Bonchev–Trinajstić information content (AvgIpc) is 3.88. The molecule has 59 heavy (non-hydrogen) atoms. The first-order chi connectivity index (χ1) is 28.0. The molecule has 2 unspecified atom stereocenters. The largest absolute Gasteiger partial charge is 0.508 e. The SMILES string of the molecule is C#Cc1c(F)ccc2cc(O)cc(-c3nc(OC(C)C)c4c(N5CC6CCC(C5)N6C(=O)OC(C)(C)C)nc(OCC5(CN6CCC(=C(F)F)CC6)CC5)nc4c3F)c12. The molecule has 312 valence electrons. The number of pyridine rings is 1. The molecule has 4 fully saturated rings. The van der Waals surface area contributed by atoms with Gasteiger partial charge in [-0.2, -0.15) is 18.7 Å². The average molecular weight is 817 g/mol. The van der Waals surface area contributed by atoms with E-state index in [0.717, 1.165) is 25.7 Å². The summed E-state index contributed by atoms with van der Waals surface area (Å²) in [5.74, 6) is 0.888. The molecule has 2 bridgehead atoms. The molecule has 1 saturated carbocycles. The second-order valence-electron chi connectivity index (χ2n) is 17.6. The van der Waals surface area contributed by atoms with Crippen LogP contribution in [-0.4, -0.2) is 99.1 Å². The Bertz CT molecular complexity index is 2380. The third-order valence-electron chi connectivity index (χ3n) is 11.6. The zero-order valence-corrected chi connectivity index (χ0v) is 33.9. The number of halogens is 4. The topological polar surface area (TPSA) is 113 Å². The summed E-state index contributed by atoms with van der Waals surface area (Å²) in [6.45, 7) is 11.7. The molecule has 2 aromatic heterocycles. The van der Waals surface area contributed by atoms with E-state index in [2.05, 4.69) is 15.8 Å².